The lowest BCUT2D eigenvalue weighted by Gasteiger charge is -2.18. The molecule has 0 spiro atoms. The molecule has 0 bridgehead atoms. The third-order valence-electron chi connectivity index (χ3n) is 2.33. The molecule has 2 aromatic rings. The van der Waals surface area contributed by atoms with Crippen LogP contribution < -0.4 is 10.0 Å². The molecular weight excluding hydrogens is 290 g/mol. The van der Waals surface area contributed by atoms with Crippen LogP contribution in [-0.4, -0.2) is 19.9 Å². The number of aromatic nitrogens is 1. The second kappa shape index (κ2) is 5.35. The smallest absolute Gasteiger partial charge is 0.249 e. The van der Waals surface area contributed by atoms with E-state index < -0.39 is 10.0 Å². The fraction of sp³-hybridized carbons (Fsp3) is 0.300. The monoisotopic (exact) mass is 303 g/mol. The summed E-state index contributed by atoms with van der Waals surface area (Å²) >= 11 is 2.77. The van der Waals surface area contributed by atoms with E-state index in [1.165, 1.54) is 11.1 Å². The Hall–Kier alpha value is -0.960. The molecule has 2 N–H and O–H groups in total. The number of nitrogens with zero attached hydrogens (tertiary/aromatic N) is 2. The highest BCUT2D eigenvalue weighted by atomic mass is 32.2. The third-order valence-corrected chi connectivity index (χ3v) is 5.66. The highest BCUT2D eigenvalue weighted by Gasteiger charge is 2.16. The lowest BCUT2D eigenvalue weighted by atomic mass is 10.4. The summed E-state index contributed by atoms with van der Waals surface area (Å²) < 4.78 is 22.5. The summed E-state index contributed by atoms with van der Waals surface area (Å²) in [4.78, 5) is 7.36. The van der Waals surface area contributed by atoms with E-state index in [4.69, 9.17) is 5.14 Å². The Morgan fingerprint density at radius 2 is 2.28 bits per heavy atom. The van der Waals surface area contributed by atoms with Crippen molar-refractivity contribution in [1.29, 1.82) is 0 Å². The topological polar surface area (TPSA) is 76.3 Å². The molecule has 98 valence electrons. The summed E-state index contributed by atoms with van der Waals surface area (Å²) in [6.45, 7) is 3.49. The molecule has 0 aromatic carbocycles. The van der Waals surface area contributed by atoms with Crippen molar-refractivity contribution in [2.24, 2.45) is 5.14 Å². The van der Waals surface area contributed by atoms with Gasteiger partial charge in [0.05, 0.1) is 12.7 Å². The predicted molar refractivity (Wildman–Crippen MR) is 74.5 cm³/mol. The summed E-state index contributed by atoms with van der Waals surface area (Å²) in [6, 6.07) is 4.03. The van der Waals surface area contributed by atoms with Crippen molar-refractivity contribution in [1.82, 2.24) is 4.98 Å². The molecule has 0 aliphatic rings. The van der Waals surface area contributed by atoms with E-state index in [-0.39, 0.29) is 4.21 Å². The second-order valence-corrected chi connectivity index (χ2v) is 7.43. The molecule has 8 heteroatoms. The van der Waals surface area contributed by atoms with Gasteiger partial charge in [-0.1, -0.05) is 17.4 Å². The highest BCUT2D eigenvalue weighted by Crippen LogP contribution is 2.27. The van der Waals surface area contributed by atoms with Crippen molar-refractivity contribution in [2.75, 3.05) is 11.4 Å². The normalized spacial score (nSPS) is 11.7. The quantitative estimate of drug-likeness (QED) is 0.915. The van der Waals surface area contributed by atoms with Crippen LogP contribution in [0.5, 0.6) is 0 Å². The zero-order valence-electron chi connectivity index (χ0n) is 9.74. The SMILES string of the molecule is CCN(Cc1cccs1)c1ncc(S(N)(=O)=O)s1. The van der Waals surface area contributed by atoms with Crippen molar-refractivity contribution in [3.8, 4) is 0 Å². The highest BCUT2D eigenvalue weighted by molar-refractivity contribution is 7.91. The van der Waals surface area contributed by atoms with Gasteiger partial charge in [-0.15, -0.1) is 11.3 Å². The van der Waals surface area contributed by atoms with Gasteiger partial charge in [0.15, 0.2) is 9.34 Å². The van der Waals surface area contributed by atoms with Gasteiger partial charge in [-0.25, -0.2) is 18.5 Å². The van der Waals surface area contributed by atoms with Gasteiger partial charge in [0.1, 0.15) is 0 Å². The first-order valence-corrected chi connectivity index (χ1v) is 8.51. The molecule has 0 amide bonds. The second-order valence-electron chi connectivity index (χ2n) is 3.60. The molecule has 0 aliphatic carbocycles. The molecule has 0 atom stereocenters. The summed E-state index contributed by atoms with van der Waals surface area (Å²) in [5, 5.41) is 7.76. The molecule has 0 saturated heterocycles. The van der Waals surface area contributed by atoms with E-state index in [1.807, 2.05) is 29.3 Å². The average Bonchev–Trinajstić information content (AvgIpc) is 2.95. The van der Waals surface area contributed by atoms with Crippen LogP contribution in [0.3, 0.4) is 0 Å². The maximum absolute atomic E-state index is 11.2. The first-order valence-electron chi connectivity index (χ1n) is 5.26. The number of anilines is 1. The lowest BCUT2D eigenvalue weighted by molar-refractivity contribution is 0.599. The van der Waals surface area contributed by atoms with Gasteiger partial charge in [-0.05, 0) is 18.4 Å². The molecule has 5 nitrogen and oxygen atoms in total. The van der Waals surface area contributed by atoms with Gasteiger partial charge >= 0.3 is 0 Å². The van der Waals surface area contributed by atoms with E-state index in [2.05, 4.69) is 4.98 Å². The molecule has 0 radical (unpaired) electrons. The van der Waals surface area contributed by atoms with E-state index in [0.29, 0.717) is 5.13 Å². The summed E-state index contributed by atoms with van der Waals surface area (Å²) in [5.74, 6) is 0. The molecule has 2 aromatic heterocycles. The summed E-state index contributed by atoms with van der Waals surface area (Å²) in [6.07, 6.45) is 1.31. The first-order chi connectivity index (χ1) is 8.50. The van der Waals surface area contributed by atoms with Crippen LogP contribution in [0.1, 0.15) is 11.8 Å². The fourth-order valence-electron chi connectivity index (χ4n) is 1.43. The maximum atomic E-state index is 11.2. The van der Waals surface area contributed by atoms with Gasteiger partial charge < -0.3 is 4.90 Å². The number of rotatable bonds is 5. The van der Waals surface area contributed by atoms with E-state index >= 15 is 0 Å². The number of thiophene rings is 1. The number of primary sulfonamides is 1. The molecule has 2 heterocycles. The summed E-state index contributed by atoms with van der Waals surface area (Å²) in [7, 11) is -3.65. The average molecular weight is 303 g/mol. The lowest BCUT2D eigenvalue weighted by Crippen LogP contribution is -2.21. The van der Waals surface area contributed by atoms with Gasteiger partial charge in [0, 0.05) is 11.4 Å². The van der Waals surface area contributed by atoms with Crippen LogP contribution in [0, 0.1) is 0 Å². The van der Waals surface area contributed by atoms with Crippen LogP contribution in [0.25, 0.3) is 0 Å². The van der Waals surface area contributed by atoms with E-state index in [0.717, 1.165) is 24.4 Å². The zero-order chi connectivity index (χ0) is 13.2. The molecular formula is C10H13N3O2S3. The molecule has 0 aliphatic heterocycles. The van der Waals surface area contributed by atoms with Crippen molar-refractivity contribution in [3.05, 3.63) is 28.6 Å². The van der Waals surface area contributed by atoms with Gasteiger partial charge in [0.25, 0.3) is 0 Å². The Morgan fingerprint density at radius 3 is 2.78 bits per heavy atom. The largest absolute Gasteiger partial charge is 0.343 e. The Bertz CT molecular complexity index is 604. The van der Waals surface area contributed by atoms with Crippen molar-refractivity contribution in [3.63, 3.8) is 0 Å². The van der Waals surface area contributed by atoms with Gasteiger partial charge in [-0.3, -0.25) is 0 Å². The number of thiazole rings is 1. The molecule has 0 saturated carbocycles. The van der Waals surface area contributed by atoms with Gasteiger partial charge in [-0.2, -0.15) is 0 Å². The van der Waals surface area contributed by atoms with Crippen molar-refractivity contribution >= 4 is 37.8 Å². The number of hydrogen-bond acceptors (Lipinski definition) is 6. The van der Waals surface area contributed by atoms with Crippen LogP contribution in [0.2, 0.25) is 0 Å². The van der Waals surface area contributed by atoms with Gasteiger partial charge in [0.2, 0.25) is 10.0 Å². The van der Waals surface area contributed by atoms with Crippen LogP contribution in [0.4, 0.5) is 5.13 Å². The maximum Gasteiger partial charge on any atom is 0.249 e. The number of nitrogens with two attached hydrogens (primary N) is 1. The molecule has 18 heavy (non-hydrogen) atoms. The Labute approximate surface area is 114 Å². The van der Waals surface area contributed by atoms with E-state index in [1.54, 1.807) is 11.3 Å². The molecule has 0 unspecified atom stereocenters. The predicted octanol–water partition coefficient (Wildman–Crippen LogP) is 1.88. The fourth-order valence-corrected chi connectivity index (χ4v) is 3.75. The molecule has 2 rings (SSSR count). The minimum Gasteiger partial charge on any atom is -0.343 e. The minimum absolute atomic E-state index is 0.0992. The van der Waals surface area contributed by atoms with Crippen molar-refractivity contribution in [2.45, 2.75) is 17.7 Å². The Morgan fingerprint density at radius 1 is 1.50 bits per heavy atom. The Kier molecular flexibility index (Phi) is 4.00. The van der Waals surface area contributed by atoms with E-state index in [9.17, 15) is 8.42 Å². The first kappa shape index (κ1) is 13.5. The van der Waals surface area contributed by atoms with Crippen LogP contribution >= 0.6 is 22.7 Å². The third kappa shape index (κ3) is 3.08. The van der Waals surface area contributed by atoms with Crippen molar-refractivity contribution < 1.29 is 8.42 Å². The standard InChI is InChI=1S/C10H13N3O2S3/c1-2-13(7-8-4-3-5-16-8)10-12-6-9(17-10)18(11,14)15/h3-6H,2,7H2,1H3,(H2,11,14,15). The molecule has 0 fully saturated rings. The zero-order valence-corrected chi connectivity index (χ0v) is 12.2. The van der Waals surface area contributed by atoms with Crippen LogP contribution in [-0.2, 0) is 16.6 Å². The number of hydrogen-bond donors (Lipinski definition) is 1. The summed E-state index contributed by atoms with van der Waals surface area (Å²) in [5.41, 5.74) is 0. The minimum atomic E-state index is -3.65. The Balaban J connectivity index is 2.20. The van der Waals surface area contributed by atoms with Crippen LogP contribution in [0.15, 0.2) is 27.9 Å². The number of sulfonamides is 1.